The molecule has 2 saturated heterocycles. The summed E-state index contributed by atoms with van der Waals surface area (Å²) >= 11 is 1.73. The molecule has 3 aliphatic rings. The van der Waals surface area contributed by atoms with Gasteiger partial charge in [-0.15, -0.1) is 11.8 Å². The van der Waals surface area contributed by atoms with Gasteiger partial charge in [0.05, 0.1) is 4.75 Å². The van der Waals surface area contributed by atoms with E-state index >= 15 is 0 Å². The van der Waals surface area contributed by atoms with E-state index < -0.39 is 11.5 Å². The van der Waals surface area contributed by atoms with E-state index in [0.717, 1.165) is 12.2 Å². The highest BCUT2D eigenvalue weighted by molar-refractivity contribution is 8.01. The van der Waals surface area contributed by atoms with E-state index in [0.29, 0.717) is 25.9 Å². The number of hydrogen-bond acceptors (Lipinski definition) is 4. The number of nitrogens with zero attached hydrogens (tertiary/aromatic N) is 2. The van der Waals surface area contributed by atoms with E-state index in [2.05, 4.69) is 4.98 Å². The molecule has 3 fully saturated rings. The lowest BCUT2D eigenvalue weighted by atomic mass is 9.92. The highest BCUT2D eigenvalue weighted by atomic mass is 32.2. The molecule has 1 spiro atoms. The van der Waals surface area contributed by atoms with Gasteiger partial charge in [0, 0.05) is 31.5 Å². The Bertz CT molecular complexity index is 617. The summed E-state index contributed by atoms with van der Waals surface area (Å²) in [6.45, 7) is 1.12. The van der Waals surface area contributed by atoms with Crippen molar-refractivity contribution in [3.8, 4) is 5.88 Å². The van der Waals surface area contributed by atoms with E-state index in [4.69, 9.17) is 4.74 Å². The number of hydrogen-bond donors (Lipinski definition) is 0. The zero-order chi connectivity index (χ0) is 15.4. The van der Waals surface area contributed by atoms with Crippen molar-refractivity contribution in [3.63, 3.8) is 0 Å². The van der Waals surface area contributed by atoms with Crippen LogP contribution in [0.4, 0.5) is 8.78 Å². The molecule has 0 aromatic carbocycles. The first-order valence-electron chi connectivity index (χ1n) is 7.39. The van der Waals surface area contributed by atoms with Gasteiger partial charge in [-0.3, -0.25) is 4.79 Å². The van der Waals surface area contributed by atoms with E-state index in [9.17, 15) is 13.6 Å². The van der Waals surface area contributed by atoms with Gasteiger partial charge in [0.2, 0.25) is 0 Å². The molecule has 0 radical (unpaired) electrons. The van der Waals surface area contributed by atoms with Crippen LogP contribution >= 0.6 is 11.8 Å². The Morgan fingerprint density at radius 2 is 2.23 bits per heavy atom. The number of halogens is 2. The van der Waals surface area contributed by atoms with Crippen molar-refractivity contribution in [2.24, 2.45) is 0 Å². The summed E-state index contributed by atoms with van der Waals surface area (Å²) in [4.78, 5) is 17.4. The number of thioether (sulfide) groups is 1. The van der Waals surface area contributed by atoms with Crippen molar-refractivity contribution in [1.29, 1.82) is 0 Å². The van der Waals surface area contributed by atoms with Gasteiger partial charge in [-0.05, 0) is 25.0 Å². The highest BCUT2D eigenvalue weighted by Crippen LogP contribution is 2.49. The van der Waals surface area contributed by atoms with Gasteiger partial charge < -0.3 is 9.64 Å². The first-order chi connectivity index (χ1) is 10.5. The molecule has 3 heterocycles. The SMILES string of the molecule is O=C(N1CC2(C[C@@H](Oc3ncccc3F)CS2)C1)C1(F)CC1. The average molecular weight is 326 g/mol. The number of pyridine rings is 1. The second-order valence-corrected chi connectivity index (χ2v) is 7.84. The number of amides is 1. The summed E-state index contributed by atoms with van der Waals surface area (Å²) in [6.07, 6.45) is 2.82. The molecule has 0 bridgehead atoms. The minimum atomic E-state index is -1.59. The molecule has 118 valence electrons. The average Bonchev–Trinajstić information content (AvgIpc) is 3.07. The van der Waals surface area contributed by atoms with Crippen LogP contribution in [0.1, 0.15) is 19.3 Å². The summed E-state index contributed by atoms with van der Waals surface area (Å²) in [6, 6.07) is 2.84. The highest BCUT2D eigenvalue weighted by Gasteiger charge is 2.59. The monoisotopic (exact) mass is 326 g/mol. The second kappa shape index (κ2) is 4.81. The largest absolute Gasteiger partial charge is 0.471 e. The fourth-order valence-corrected chi connectivity index (χ4v) is 4.64. The molecule has 1 aromatic heterocycles. The van der Waals surface area contributed by atoms with Crippen molar-refractivity contribution < 1.29 is 18.3 Å². The predicted octanol–water partition coefficient (Wildman–Crippen LogP) is 2.19. The topological polar surface area (TPSA) is 42.4 Å². The molecule has 1 aliphatic carbocycles. The van der Waals surface area contributed by atoms with Crippen LogP contribution in [0.3, 0.4) is 0 Å². The minimum absolute atomic E-state index is 0.0260. The summed E-state index contributed by atoms with van der Waals surface area (Å²) in [7, 11) is 0. The molecule has 22 heavy (non-hydrogen) atoms. The normalized spacial score (nSPS) is 27.5. The molecule has 4 nitrogen and oxygen atoms in total. The number of likely N-dealkylation sites (tertiary alicyclic amines) is 1. The Kier molecular flexibility index (Phi) is 3.11. The Morgan fingerprint density at radius 3 is 2.91 bits per heavy atom. The predicted molar refractivity (Wildman–Crippen MR) is 78.1 cm³/mol. The Morgan fingerprint density at radius 1 is 1.45 bits per heavy atom. The second-order valence-electron chi connectivity index (χ2n) is 6.35. The maximum atomic E-state index is 13.8. The lowest BCUT2D eigenvalue weighted by Crippen LogP contribution is -2.62. The summed E-state index contributed by atoms with van der Waals surface area (Å²) in [5.74, 6) is -0.0670. The summed E-state index contributed by atoms with van der Waals surface area (Å²) in [5.41, 5.74) is -1.59. The Balaban J connectivity index is 1.34. The van der Waals surface area contributed by atoms with Crippen LogP contribution in [-0.4, -0.2) is 51.2 Å². The molecule has 2 aliphatic heterocycles. The van der Waals surface area contributed by atoms with Gasteiger partial charge in [-0.25, -0.2) is 13.8 Å². The summed E-state index contributed by atoms with van der Waals surface area (Å²) in [5, 5.41) is 0. The molecule has 4 rings (SSSR count). The smallest absolute Gasteiger partial charge is 0.260 e. The van der Waals surface area contributed by atoms with E-state index in [1.165, 1.54) is 18.3 Å². The molecule has 0 unspecified atom stereocenters. The molecule has 0 N–H and O–H groups in total. The quantitative estimate of drug-likeness (QED) is 0.854. The van der Waals surface area contributed by atoms with Crippen molar-refractivity contribution in [2.75, 3.05) is 18.8 Å². The molecular formula is C15H16F2N2O2S. The molecular weight excluding hydrogens is 310 g/mol. The van der Waals surface area contributed by atoms with E-state index in [1.807, 2.05) is 0 Å². The maximum absolute atomic E-state index is 13.8. The van der Waals surface area contributed by atoms with Crippen LogP contribution in [0.25, 0.3) is 0 Å². The Hall–Kier alpha value is -1.37. The van der Waals surface area contributed by atoms with Gasteiger partial charge in [-0.1, -0.05) is 0 Å². The van der Waals surface area contributed by atoms with E-state index in [1.54, 1.807) is 16.7 Å². The summed E-state index contributed by atoms with van der Waals surface area (Å²) < 4.78 is 32.9. The van der Waals surface area contributed by atoms with Gasteiger partial charge in [0.15, 0.2) is 11.5 Å². The van der Waals surface area contributed by atoms with Crippen molar-refractivity contribution >= 4 is 17.7 Å². The van der Waals surface area contributed by atoms with Crippen LogP contribution in [0, 0.1) is 5.82 Å². The van der Waals surface area contributed by atoms with Gasteiger partial charge >= 0.3 is 0 Å². The van der Waals surface area contributed by atoms with Crippen LogP contribution in [0.2, 0.25) is 0 Å². The van der Waals surface area contributed by atoms with E-state index in [-0.39, 0.29) is 22.6 Å². The molecule has 1 saturated carbocycles. The number of rotatable bonds is 3. The van der Waals surface area contributed by atoms with Gasteiger partial charge in [-0.2, -0.15) is 0 Å². The van der Waals surface area contributed by atoms with Crippen molar-refractivity contribution in [3.05, 3.63) is 24.1 Å². The van der Waals surface area contributed by atoms with Crippen LogP contribution < -0.4 is 4.74 Å². The Labute approximate surface area is 131 Å². The van der Waals surface area contributed by atoms with Crippen LogP contribution in [0.5, 0.6) is 5.88 Å². The standard InChI is InChI=1S/C15H16F2N2O2S/c16-11-2-1-5-18-12(11)21-10-6-14(22-7-10)8-19(9-14)13(20)15(17)3-4-15/h1-2,5,10H,3-4,6-9H2/t10-/m1/s1. The number of ether oxygens (including phenoxy) is 1. The van der Waals surface area contributed by atoms with Crippen molar-refractivity contribution in [1.82, 2.24) is 9.88 Å². The van der Waals surface area contributed by atoms with Crippen LogP contribution in [0.15, 0.2) is 18.3 Å². The first-order valence-corrected chi connectivity index (χ1v) is 8.38. The zero-order valence-electron chi connectivity index (χ0n) is 11.9. The third-order valence-corrected chi connectivity index (χ3v) is 6.07. The lowest BCUT2D eigenvalue weighted by Gasteiger charge is -2.47. The molecule has 1 atom stereocenters. The maximum Gasteiger partial charge on any atom is 0.260 e. The molecule has 7 heteroatoms. The van der Waals surface area contributed by atoms with Crippen LogP contribution in [-0.2, 0) is 4.79 Å². The number of carbonyl (C=O) groups excluding carboxylic acids is 1. The lowest BCUT2D eigenvalue weighted by molar-refractivity contribution is -0.143. The minimum Gasteiger partial charge on any atom is -0.471 e. The number of aromatic nitrogens is 1. The third kappa shape index (κ3) is 2.35. The van der Waals surface area contributed by atoms with Gasteiger partial charge in [0.1, 0.15) is 6.10 Å². The fraction of sp³-hybridized carbons (Fsp3) is 0.600. The van der Waals surface area contributed by atoms with Gasteiger partial charge in [0.25, 0.3) is 11.8 Å². The number of carbonyl (C=O) groups is 1. The molecule has 1 amide bonds. The zero-order valence-corrected chi connectivity index (χ0v) is 12.7. The van der Waals surface area contributed by atoms with Crippen molar-refractivity contribution in [2.45, 2.75) is 35.8 Å². The first kappa shape index (κ1) is 14.2. The third-order valence-electron chi connectivity index (χ3n) is 4.50. The fourth-order valence-electron chi connectivity index (χ4n) is 3.11. The molecule has 1 aromatic rings. The number of alkyl halides is 1.